The predicted octanol–water partition coefficient (Wildman–Crippen LogP) is 4.10. The molecule has 1 aromatic carbocycles. The van der Waals surface area contributed by atoms with Crippen LogP contribution in [0.1, 0.15) is 30.5 Å². The monoisotopic (exact) mass is 263 g/mol. The molecule has 18 heavy (non-hydrogen) atoms. The summed E-state index contributed by atoms with van der Waals surface area (Å²) in [5, 5.41) is 10.7. The Labute approximate surface area is 114 Å². The molecule has 0 aliphatic rings. The number of nitrogens with zero attached hydrogens (tertiary/aromatic N) is 1. The van der Waals surface area contributed by atoms with Gasteiger partial charge in [0.2, 0.25) is 0 Å². The molecule has 0 aliphatic carbocycles. The summed E-state index contributed by atoms with van der Waals surface area (Å²) in [5.41, 5.74) is 3.96. The smallest absolute Gasteiger partial charge is 0.133 e. The summed E-state index contributed by atoms with van der Waals surface area (Å²) < 4.78 is 5.55. The maximum atomic E-state index is 8.58. The molecule has 0 saturated heterocycles. The minimum Gasteiger partial charge on any atom is -0.494 e. The van der Waals surface area contributed by atoms with Crippen LogP contribution in [0, 0.1) is 30.4 Å². The fourth-order valence-corrected chi connectivity index (χ4v) is 2.59. The molecule has 98 valence electrons. The minimum absolute atomic E-state index is 0.519. The highest BCUT2D eigenvalue weighted by atomic mass is 32.2. The van der Waals surface area contributed by atoms with Crippen molar-refractivity contribution in [2.45, 2.75) is 34.1 Å². The van der Waals surface area contributed by atoms with Gasteiger partial charge in [-0.2, -0.15) is 5.26 Å². The summed E-state index contributed by atoms with van der Waals surface area (Å²) in [6.07, 6.45) is 1.03. The first-order valence-electron chi connectivity index (χ1n) is 6.32. The molecule has 3 heteroatoms. The third-order valence-corrected chi connectivity index (χ3v) is 3.83. The molecule has 0 bridgehead atoms. The highest BCUT2D eigenvalue weighted by Crippen LogP contribution is 2.25. The summed E-state index contributed by atoms with van der Waals surface area (Å²) in [4.78, 5) is 0. The Morgan fingerprint density at radius 3 is 2.44 bits per heavy atom. The van der Waals surface area contributed by atoms with E-state index in [1.807, 2.05) is 6.92 Å². The molecule has 0 aromatic heterocycles. The molecule has 0 spiro atoms. The van der Waals surface area contributed by atoms with Crippen molar-refractivity contribution in [2.75, 3.05) is 12.4 Å². The SMILES string of the molecule is CCOc1cc(C)c(CC(C)CSC#N)c(C)c1. The van der Waals surface area contributed by atoms with Gasteiger partial charge in [0.1, 0.15) is 11.2 Å². The van der Waals surface area contributed by atoms with Crippen molar-refractivity contribution >= 4 is 11.8 Å². The summed E-state index contributed by atoms with van der Waals surface area (Å²) in [7, 11) is 0. The Kier molecular flexibility index (Phi) is 6.07. The van der Waals surface area contributed by atoms with Gasteiger partial charge in [0.05, 0.1) is 6.61 Å². The number of hydrogen-bond donors (Lipinski definition) is 0. The summed E-state index contributed by atoms with van der Waals surface area (Å²) >= 11 is 1.34. The summed E-state index contributed by atoms with van der Waals surface area (Å²) in [6.45, 7) is 9.16. The topological polar surface area (TPSA) is 33.0 Å². The van der Waals surface area contributed by atoms with E-state index in [0.717, 1.165) is 17.9 Å². The molecule has 0 heterocycles. The summed E-state index contributed by atoms with van der Waals surface area (Å²) in [5.74, 6) is 2.36. The highest BCUT2D eigenvalue weighted by molar-refractivity contribution is 8.03. The lowest BCUT2D eigenvalue weighted by atomic mass is 9.94. The minimum atomic E-state index is 0.519. The Hall–Kier alpha value is -1.14. The first kappa shape index (κ1) is 14.9. The number of thioether (sulfide) groups is 1. The number of nitriles is 1. The fourth-order valence-electron chi connectivity index (χ4n) is 2.11. The van der Waals surface area contributed by atoms with E-state index in [0.29, 0.717) is 12.5 Å². The molecule has 0 fully saturated rings. The van der Waals surface area contributed by atoms with Crippen molar-refractivity contribution in [3.05, 3.63) is 28.8 Å². The second kappa shape index (κ2) is 7.33. The normalized spacial score (nSPS) is 11.9. The number of aryl methyl sites for hydroxylation is 2. The average molecular weight is 263 g/mol. The lowest BCUT2D eigenvalue weighted by Gasteiger charge is -2.16. The molecule has 1 rings (SSSR count). The van der Waals surface area contributed by atoms with Crippen LogP contribution in [-0.2, 0) is 6.42 Å². The van der Waals surface area contributed by atoms with Crippen molar-refractivity contribution < 1.29 is 4.74 Å². The molecule has 1 aromatic rings. The van der Waals surface area contributed by atoms with E-state index in [1.165, 1.54) is 28.5 Å². The van der Waals surface area contributed by atoms with E-state index in [4.69, 9.17) is 10.00 Å². The van der Waals surface area contributed by atoms with Crippen molar-refractivity contribution in [3.63, 3.8) is 0 Å². The van der Waals surface area contributed by atoms with Gasteiger partial charge in [-0.05, 0) is 73.7 Å². The second-order valence-corrected chi connectivity index (χ2v) is 5.48. The maximum Gasteiger partial charge on any atom is 0.133 e. The molecule has 0 saturated carbocycles. The van der Waals surface area contributed by atoms with Gasteiger partial charge in [-0.3, -0.25) is 0 Å². The first-order chi connectivity index (χ1) is 8.58. The molecule has 0 N–H and O–H groups in total. The molecule has 2 nitrogen and oxygen atoms in total. The molecule has 0 amide bonds. The van der Waals surface area contributed by atoms with Crippen molar-refractivity contribution in [1.82, 2.24) is 0 Å². The molecule has 1 atom stereocenters. The van der Waals surface area contributed by atoms with Crippen molar-refractivity contribution in [2.24, 2.45) is 5.92 Å². The fraction of sp³-hybridized carbons (Fsp3) is 0.533. The maximum absolute atomic E-state index is 8.58. The number of ether oxygens (including phenoxy) is 1. The van der Waals surface area contributed by atoms with Gasteiger partial charge in [0.15, 0.2) is 0 Å². The Morgan fingerprint density at radius 1 is 1.33 bits per heavy atom. The van der Waals surface area contributed by atoms with Crippen LogP contribution in [0.4, 0.5) is 0 Å². The molecule has 0 aliphatic heterocycles. The highest BCUT2D eigenvalue weighted by Gasteiger charge is 2.10. The molecular formula is C15H21NOS. The van der Waals surface area contributed by atoms with Crippen molar-refractivity contribution in [3.8, 4) is 11.2 Å². The zero-order chi connectivity index (χ0) is 13.5. The van der Waals surface area contributed by atoms with Crippen LogP contribution in [-0.4, -0.2) is 12.4 Å². The van der Waals surface area contributed by atoms with Crippen LogP contribution in [0.25, 0.3) is 0 Å². The zero-order valence-corrected chi connectivity index (χ0v) is 12.4. The Morgan fingerprint density at radius 2 is 1.94 bits per heavy atom. The Balaban J connectivity index is 2.80. The summed E-state index contributed by atoms with van der Waals surface area (Å²) in [6, 6.07) is 4.21. The lowest BCUT2D eigenvalue weighted by molar-refractivity contribution is 0.339. The van der Waals surface area contributed by atoms with E-state index in [-0.39, 0.29) is 0 Å². The van der Waals surface area contributed by atoms with E-state index >= 15 is 0 Å². The van der Waals surface area contributed by atoms with Crippen LogP contribution in [0.2, 0.25) is 0 Å². The molecular weight excluding hydrogens is 242 g/mol. The molecule has 0 radical (unpaired) electrons. The van der Waals surface area contributed by atoms with Gasteiger partial charge in [0, 0.05) is 5.75 Å². The van der Waals surface area contributed by atoms with E-state index in [2.05, 4.69) is 38.3 Å². The van der Waals surface area contributed by atoms with Gasteiger partial charge in [-0.1, -0.05) is 6.92 Å². The van der Waals surface area contributed by atoms with Crippen LogP contribution in [0.15, 0.2) is 12.1 Å². The van der Waals surface area contributed by atoms with Gasteiger partial charge in [-0.15, -0.1) is 0 Å². The molecule has 1 unspecified atom stereocenters. The third-order valence-electron chi connectivity index (χ3n) is 2.97. The van der Waals surface area contributed by atoms with Crippen LogP contribution < -0.4 is 4.74 Å². The zero-order valence-electron chi connectivity index (χ0n) is 11.6. The number of thiocyanates is 1. The van der Waals surface area contributed by atoms with E-state index in [9.17, 15) is 0 Å². The average Bonchev–Trinajstić information content (AvgIpc) is 2.31. The van der Waals surface area contributed by atoms with E-state index < -0.39 is 0 Å². The second-order valence-electron chi connectivity index (χ2n) is 4.68. The quantitative estimate of drug-likeness (QED) is 0.725. The largest absolute Gasteiger partial charge is 0.494 e. The van der Waals surface area contributed by atoms with Crippen LogP contribution in [0.3, 0.4) is 0 Å². The van der Waals surface area contributed by atoms with Gasteiger partial charge >= 0.3 is 0 Å². The number of rotatable bonds is 6. The van der Waals surface area contributed by atoms with Crippen LogP contribution in [0.5, 0.6) is 5.75 Å². The van der Waals surface area contributed by atoms with Crippen LogP contribution >= 0.6 is 11.8 Å². The standard InChI is InChI=1S/C15H21NOS/c1-5-17-14-7-12(3)15(13(4)8-14)6-11(2)9-18-10-16/h7-8,11H,5-6,9H2,1-4H3. The van der Waals surface area contributed by atoms with Gasteiger partial charge < -0.3 is 4.74 Å². The van der Waals surface area contributed by atoms with Gasteiger partial charge in [-0.25, -0.2) is 0 Å². The number of benzene rings is 1. The predicted molar refractivity (Wildman–Crippen MR) is 78.0 cm³/mol. The lowest BCUT2D eigenvalue weighted by Crippen LogP contribution is -2.06. The Bertz CT molecular complexity index is 414. The first-order valence-corrected chi connectivity index (χ1v) is 7.30. The third kappa shape index (κ3) is 4.27. The van der Waals surface area contributed by atoms with E-state index in [1.54, 1.807) is 0 Å². The van der Waals surface area contributed by atoms with Crippen molar-refractivity contribution in [1.29, 1.82) is 5.26 Å². The number of hydrogen-bond acceptors (Lipinski definition) is 3. The van der Waals surface area contributed by atoms with Gasteiger partial charge in [0.25, 0.3) is 0 Å².